The Morgan fingerprint density at radius 2 is 1.90 bits per heavy atom. The summed E-state index contributed by atoms with van der Waals surface area (Å²) < 4.78 is 5.14. The molecule has 1 unspecified atom stereocenters. The fourth-order valence-electron chi connectivity index (χ4n) is 3.76. The summed E-state index contributed by atoms with van der Waals surface area (Å²) in [6.45, 7) is 1.00. The molecule has 3 aromatic rings. The van der Waals surface area contributed by atoms with Gasteiger partial charge in [0.15, 0.2) is 0 Å². The van der Waals surface area contributed by atoms with Crippen LogP contribution in [0.3, 0.4) is 0 Å². The van der Waals surface area contributed by atoms with Gasteiger partial charge in [0.25, 0.3) is 11.6 Å². The Hall–Kier alpha value is -3.23. The number of non-ortho nitro benzene ring substituents is 1. The van der Waals surface area contributed by atoms with E-state index in [1.54, 1.807) is 36.3 Å². The third-order valence-corrected chi connectivity index (χ3v) is 5.40. The van der Waals surface area contributed by atoms with Gasteiger partial charge in [0.1, 0.15) is 5.69 Å². The number of H-pyrrole nitrogens is 1. The molecule has 2 heterocycles. The quantitative estimate of drug-likeness (QED) is 0.346. The summed E-state index contributed by atoms with van der Waals surface area (Å²) >= 11 is 6.02. The van der Waals surface area contributed by atoms with Crippen molar-refractivity contribution in [2.45, 2.75) is 12.5 Å². The van der Waals surface area contributed by atoms with Crippen molar-refractivity contribution in [3.05, 3.63) is 80.5 Å². The van der Waals surface area contributed by atoms with Crippen LogP contribution in [0.4, 0.5) is 5.69 Å². The maximum Gasteiger partial charge on any atom is 0.273 e. The number of hydrogen-bond acceptors (Lipinski definition) is 5. The summed E-state index contributed by atoms with van der Waals surface area (Å²) in [6.07, 6.45) is 0.666. The Morgan fingerprint density at radius 1 is 1.20 bits per heavy atom. The predicted molar refractivity (Wildman–Crippen MR) is 112 cm³/mol. The van der Waals surface area contributed by atoms with Crippen LogP contribution in [0.5, 0.6) is 0 Å². The normalized spacial score (nSPS) is 15.5. The number of rotatable bonds is 7. The van der Waals surface area contributed by atoms with Gasteiger partial charge in [0.2, 0.25) is 0 Å². The molecule has 1 aliphatic heterocycles. The number of ether oxygens (including phenoxy) is 1. The van der Waals surface area contributed by atoms with Crippen molar-refractivity contribution in [3.63, 3.8) is 0 Å². The van der Waals surface area contributed by atoms with E-state index in [1.165, 1.54) is 12.1 Å². The Balaban J connectivity index is 1.80. The first-order valence-electron chi connectivity index (χ1n) is 9.39. The Bertz CT molecular complexity index is 1080. The van der Waals surface area contributed by atoms with Gasteiger partial charge >= 0.3 is 0 Å². The lowest BCUT2D eigenvalue weighted by Crippen LogP contribution is -2.31. The molecule has 2 aromatic carbocycles. The standard InChI is InChI=1S/C21H19ClN4O4/c1-30-12-2-11-25-20(14-5-9-16(10-6-14)26(28)29)17-18(23-24-19(17)21(25)27)13-3-7-15(22)8-4-13/h3-10,20H,2,11-12H2,1H3,(H,23,24). The first kappa shape index (κ1) is 20.1. The summed E-state index contributed by atoms with van der Waals surface area (Å²) in [7, 11) is 1.62. The van der Waals surface area contributed by atoms with Gasteiger partial charge in [-0.05, 0) is 36.2 Å². The molecule has 0 spiro atoms. The molecule has 9 heteroatoms. The molecule has 154 valence electrons. The van der Waals surface area contributed by atoms with E-state index in [0.717, 1.165) is 16.7 Å². The second-order valence-corrected chi connectivity index (χ2v) is 7.40. The molecular weight excluding hydrogens is 408 g/mol. The summed E-state index contributed by atoms with van der Waals surface area (Å²) in [5.74, 6) is -0.155. The Morgan fingerprint density at radius 3 is 2.53 bits per heavy atom. The van der Waals surface area contributed by atoms with Gasteiger partial charge in [-0.15, -0.1) is 0 Å². The van der Waals surface area contributed by atoms with Gasteiger partial charge in [-0.3, -0.25) is 20.0 Å². The SMILES string of the molecule is COCCCN1C(=O)c2[nH]nc(-c3ccc(Cl)cc3)c2C1c1ccc([N+](=O)[O-])cc1. The first-order valence-corrected chi connectivity index (χ1v) is 9.77. The van der Waals surface area contributed by atoms with Crippen molar-refractivity contribution in [1.29, 1.82) is 0 Å². The smallest absolute Gasteiger partial charge is 0.273 e. The highest BCUT2D eigenvalue weighted by Gasteiger charge is 2.41. The van der Waals surface area contributed by atoms with Crippen LogP contribution in [0.2, 0.25) is 5.02 Å². The minimum atomic E-state index is -0.442. The van der Waals surface area contributed by atoms with Crippen molar-refractivity contribution >= 4 is 23.2 Å². The second kappa shape index (κ2) is 8.25. The van der Waals surface area contributed by atoms with Crippen LogP contribution >= 0.6 is 11.6 Å². The van der Waals surface area contributed by atoms with Crippen LogP contribution in [0, 0.1) is 10.1 Å². The third kappa shape index (κ3) is 3.55. The topological polar surface area (TPSA) is 101 Å². The fourth-order valence-corrected chi connectivity index (χ4v) is 3.89. The van der Waals surface area contributed by atoms with Crippen LogP contribution in [0.25, 0.3) is 11.3 Å². The van der Waals surface area contributed by atoms with Crippen molar-refractivity contribution in [2.75, 3.05) is 20.3 Å². The number of methoxy groups -OCH3 is 1. The number of benzene rings is 2. The van der Waals surface area contributed by atoms with E-state index < -0.39 is 11.0 Å². The molecule has 0 bridgehead atoms. The Labute approximate surface area is 177 Å². The number of nitro groups is 1. The highest BCUT2D eigenvalue weighted by atomic mass is 35.5. The number of aromatic nitrogens is 2. The number of fused-ring (bicyclic) bond motifs is 1. The zero-order valence-electron chi connectivity index (χ0n) is 16.2. The molecule has 1 aliphatic rings. The predicted octanol–water partition coefficient (Wildman–Crippen LogP) is 4.22. The molecule has 1 N–H and O–H groups in total. The van der Waals surface area contributed by atoms with E-state index >= 15 is 0 Å². The lowest BCUT2D eigenvalue weighted by atomic mass is 9.96. The van der Waals surface area contributed by atoms with Crippen LogP contribution in [0.15, 0.2) is 48.5 Å². The number of carbonyl (C=O) groups is 1. The van der Waals surface area contributed by atoms with Crippen LogP contribution in [-0.4, -0.2) is 46.2 Å². The zero-order valence-corrected chi connectivity index (χ0v) is 16.9. The summed E-state index contributed by atoms with van der Waals surface area (Å²) in [5.41, 5.74) is 3.46. The molecule has 0 fully saturated rings. The van der Waals surface area contributed by atoms with Crippen LogP contribution in [0.1, 0.15) is 34.1 Å². The summed E-state index contributed by atoms with van der Waals surface area (Å²) in [4.78, 5) is 25.5. The van der Waals surface area contributed by atoms with Crippen molar-refractivity contribution in [2.24, 2.45) is 0 Å². The molecule has 0 aliphatic carbocycles. The van der Waals surface area contributed by atoms with Gasteiger partial charge < -0.3 is 9.64 Å². The first-order chi connectivity index (χ1) is 14.5. The number of nitrogens with one attached hydrogen (secondary N) is 1. The fraction of sp³-hybridized carbons (Fsp3) is 0.238. The molecule has 4 rings (SSSR count). The summed E-state index contributed by atoms with van der Waals surface area (Å²) in [6, 6.07) is 13.1. The van der Waals surface area contributed by atoms with E-state index in [9.17, 15) is 14.9 Å². The molecule has 0 radical (unpaired) electrons. The maximum atomic E-state index is 13.1. The van der Waals surface area contributed by atoms with Crippen LogP contribution < -0.4 is 0 Å². The van der Waals surface area contributed by atoms with E-state index in [1.807, 2.05) is 12.1 Å². The molecule has 1 aromatic heterocycles. The highest BCUT2D eigenvalue weighted by molar-refractivity contribution is 6.30. The number of nitrogens with zero attached hydrogens (tertiary/aromatic N) is 3. The van der Waals surface area contributed by atoms with Crippen molar-refractivity contribution < 1.29 is 14.5 Å². The van der Waals surface area contributed by atoms with Gasteiger partial charge in [0, 0.05) is 48.5 Å². The zero-order chi connectivity index (χ0) is 21.3. The maximum absolute atomic E-state index is 13.1. The van der Waals surface area contributed by atoms with E-state index in [0.29, 0.717) is 36.0 Å². The lowest BCUT2D eigenvalue weighted by Gasteiger charge is -2.26. The third-order valence-electron chi connectivity index (χ3n) is 5.15. The average Bonchev–Trinajstić information content (AvgIpc) is 3.28. The molecule has 0 saturated carbocycles. The molecule has 0 saturated heterocycles. The van der Waals surface area contributed by atoms with Crippen LogP contribution in [-0.2, 0) is 4.74 Å². The number of halogens is 1. The summed E-state index contributed by atoms with van der Waals surface area (Å²) in [5, 5.41) is 18.9. The van der Waals surface area contributed by atoms with Crippen molar-refractivity contribution in [3.8, 4) is 11.3 Å². The molecular formula is C21H19ClN4O4. The lowest BCUT2D eigenvalue weighted by molar-refractivity contribution is -0.384. The van der Waals surface area contributed by atoms with Gasteiger partial charge in [-0.1, -0.05) is 23.7 Å². The highest BCUT2D eigenvalue weighted by Crippen LogP contribution is 2.43. The molecule has 1 amide bonds. The monoisotopic (exact) mass is 426 g/mol. The Kier molecular flexibility index (Phi) is 5.52. The second-order valence-electron chi connectivity index (χ2n) is 6.96. The van der Waals surface area contributed by atoms with Gasteiger partial charge in [-0.2, -0.15) is 5.10 Å². The molecule has 30 heavy (non-hydrogen) atoms. The number of nitro benzene ring substituents is 1. The number of hydrogen-bond donors (Lipinski definition) is 1. The largest absolute Gasteiger partial charge is 0.385 e. The average molecular weight is 427 g/mol. The van der Waals surface area contributed by atoms with Gasteiger partial charge in [0.05, 0.1) is 16.7 Å². The number of amides is 1. The minimum Gasteiger partial charge on any atom is -0.385 e. The number of carbonyl (C=O) groups excluding carboxylic acids is 1. The molecule has 1 atom stereocenters. The number of aromatic amines is 1. The van der Waals surface area contributed by atoms with Crippen molar-refractivity contribution in [1.82, 2.24) is 15.1 Å². The minimum absolute atomic E-state index is 0.000603. The molecule has 8 nitrogen and oxygen atoms in total. The van der Waals surface area contributed by atoms with Gasteiger partial charge in [-0.25, -0.2) is 0 Å². The van der Waals surface area contributed by atoms with E-state index in [-0.39, 0.29) is 11.6 Å². The van der Waals surface area contributed by atoms with E-state index in [2.05, 4.69) is 10.2 Å². The van der Waals surface area contributed by atoms with E-state index in [4.69, 9.17) is 16.3 Å².